The Morgan fingerprint density at radius 2 is 2.06 bits per heavy atom. The van der Waals surface area contributed by atoms with Crippen LogP contribution in [0.5, 0.6) is 0 Å². The van der Waals surface area contributed by atoms with Crippen LogP contribution in [0.4, 0.5) is 5.69 Å². The molecule has 0 radical (unpaired) electrons. The number of hydrogen-bond donors (Lipinski definition) is 3. The lowest BCUT2D eigenvalue weighted by Crippen LogP contribution is -2.11. The van der Waals surface area contributed by atoms with Gasteiger partial charge in [0.15, 0.2) is 0 Å². The Balaban J connectivity index is 2.43. The van der Waals surface area contributed by atoms with Crippen molar-refractivity contribution in [2.75, 3.05) is 11.9 Å². The molecule has 0 fully saturated rings. The number of anilines is 1. The van der Waals surface area contributed by atoms with E-state index in [4.69, 9.17) is 23.7 Å². The first-order valence-electron chi connectivity index (χ1n) is 5.62. The molecule has 0 unspecified atom stereocenters. The fourth-order valence-electron chi connectivity index (χ4n) is 1.46. The Labute approximate surface area is 120 Å². The standard InChI is InChI=1S/C12H16BrN3OS/c13-9-7-8(12(15)18)4-5-10(9)16-6-2-1-3-11(14)17/h4-5,7,16H,1-3,6H2,(H2,14,17)(H2,15,18). The van der Waals surface area contributed by atoms with Crippen LogP contribution < -0.4 is 16.8 Å². The fraction of sp³-hybridized carbons (Fsp3) is 0.333. The van der Waals surface area contributed by atoms with Gasteiger partial charge in [-0.1, -0.05) is 12.2 Å². The molecule has 1 aromatic carbocycles. The number of nitrogens with one attached hydrogen (secondary N) is 1. The van der Waals surface area contributed by atoms with Gasteiger partial charge in [0, 0.05) is 28.7 Å². The van der Waals surface area contributed by atoms with Crippen LogP contribution in [0.3, 0.4) is 0 Å². The van der Waals surface area contributed by atoms with Gasteiger partial charge < -0.3 is 16.8 Å². The molecule has 0 atom stereocenters. The maximum atomic E-state index is 10.6. The van der Waals surface area contributed by atoms with Crippen LogP contribution in [0, 0.1) is 0 Å². The van der Waals surface area contributed by atoms with Gasteiger partial charge >= 0.3 is 0 Å². The summed E-state index contributed by atoms with van der Waals surface area (Å²) in [5, 5.41) is 3.27. The quantitative estimate of drug-likeness (QED) is 0.529. The summed E-state index contributed by atoms with van der Waals surface area (Å²) >= 11 is 8.36. The molecule has 0 aliphatic rings. The molecule has 6 heteroatoms. The van der Waals surface area contributed by atoms with E-state index >= 15 is 0 Å². The van der Waals surface area contributed by atoms with Crippen molar-refractivity contribution in [1.82, 2.24) is 0 Å². The number of benzene rings is 1. The zero-order valence-electron chi connectivity index (χ0n) is 9.91. The lowest BCUT2D eigenvalue weighted by molar-refractivity contribution is -0.118. The molecule has 0 aromatic heterocycles. The van der Waals surface area contributed by atoms with Crippen LogP contribution in [-0.4, -0.2) is 17.4 Å². The first-order valence-corrected chi connectivity index (χ1v) is 6.82. The number of halogens is 1. The molecule has 0 spiro atoms. The SMILES string of the molecule is NC(=O)CCCCNc1ccc(C(N)=S)cc1Br. The number of unbranched alkanes of at least 4 members (excludes halogenated alkanes) is 1. The molecule has 1 aromatic rings. The molecule has 1 amide bonds. The van der Waals surface area contributed by atoms with Crippen LogP contribution in [0.15, 0.2) is 22.7 Å². The van der Waals surface area contributed by atoms with Crippen molar-refractivity contribution >= 4 is 44.7 Å². The van der Waals surface area contributed by atoms with Gasteiger partial charge in [0.05, 0.1) is 0 Å². The first-order chi connectivity index (χ1) is 8.50. The highest BCUT2D eigenvalue weighted by molar-refractivity contribution is 9.10. The molecule has 0 bridgehead atoms. The van der Waals surface area contributed by atoms with Crippen molar-refractivity contribution in [2.45, 2.75) is 19.3 Å². The maximum absolute atomic E-state index is 10.6. The third-order valence-electron chi connectivity index (χ3n) is 2.42. The number of rotatable bonds is 7. The Hall–Kier alpha value is -1.14. The zero-order chi connectivity index (χ0) is 13.5. The Bertz CT molecular complexity index is 451. The second-order valence-corrected chi connectivity index (χ2v) is 5.20. The van der Waals surface area contributed by atoms with E-state index < -0.39 is 0 Å². The summed E-state index contributed by atoms with van der Waals surface area (Å²) in [7, 11) is 0. The summed E-state index contributed by atoms with van der Waals surface area (Å²) in [6, 6.07) is 5.68. The highest BCUT2D eigenvalue weighted by Crippen LogP contribution is 2.23. The van der Waals surface area contributed by atoms with E-state index in [1.54, 1.807) is 0 Å². The predicted molar refractivity (Wildman–Crippen MR) is 81.6 cm³/mol. The molecule has 4 nitrogen and oxygen atoms in total. The smallest absolute Gasteiger partial charge is 0.217 e. The largest absolute Gasteiger partial charge is 0.389 e. The number of amides is 1. The minimum Gasteiger partial charge on any atom is -0.389 e. The Morgan fingerprint density at radius 1 is 1.33 bits per heavy atom. The first kappa shape index (κ1) is 14.9. The van der Waals surface area contributed by atoms with Gasteiger partial charge in [-0.3, -0.25) is 4.79 Å². The molecule has 0 aliphatic carbocycles. The summed E-state index contributed by atoms with van der Waals surface area (Å²) in [6.07, 6.45) is 2.13. The number of thiocarbonyl (C=S) groups is 1. The molecular formula is C12H16BrN3OS. The maximum Gasteiger partial charge on any atom is 0.217 e. The third kappa shape index (κ3) is 5.01. The van der Waals surface area contributed by atoms with Gasteiger partial charge in [-0.05, 0) is 47.0 Å². The molecule has 0 aliphatic heterocycles. The van der Waals surface area contributed by atoms with Crippen LogP contribution in [0.1, 0.15) is 24.8 Å². The zero-order valence-corrected chi connectivity index (χ0v) is 12.3. The van der Waals surface area contributed by atoms with Gasteiger partial charge in [0.1, 0.15) is 4.99 Å². The van der Waals surface area contributed by atoms with Crippen molar-refractivity contribution in [1.29, 1.82) is 0 Å². The topological polar surface area (TPSA) is 81.1 Å². The second-order valence-electron chi connectivity index (χ2n) is 3.91. The van der Waals surface area contributed by atoms with Crippen molar-refractivity contribution in [3.8, 4) is 0 Å². The molecular weight excluding hydrogens is 314 g/mol. The highest BCUT2D eigenvalue weighted by Gasteiger charge is 2.03. The number of carbonyl (C=O) groups excluding carboxylic acids is 1. The van der Waals surface area contributed by atoms with E-state index in [0.29, 0.717) is 11.4 Å². The van der Waals surface area contributed by atoms with Crippen molar-refractivity contribution in [2.24, 2.45) is 11.5 Å². The van der Waals surface area contributed by atoms with Gasteiger partial charge in [-0.15, -0.1) is 0 Å². The van der Waals surface area contributed by atoms with E-state index in [0.717, 1.165) is 35.1 Å². The minimum atomic E-state index is -0.253. The van der Waals surface area contributed by atoms with Crippen molar-refractivity contribution < 1.29 is 4.79 Å². The highest BCUT2D eigenvalue weighted by atomic mass is 79.9. The summed E-state index contributed by atoms with van der Waals surface area (Å²) in [5.41, 5.74) is 12.4. The monoisotopic (exact) mass is 329 g/mol. The fourth-order valence-corrected chi connectivity index (χ4v) is 2.10. The average Bonchev–Trinajstić information content (AvgIpc) is 2.29. The second kappa shape index (κ2) is 7.33. The molecule has 0 saturated heterocycles. The summed E-state index contributed by atoms with van der Waals surface area (Å²) < 4.78 is 0.919. The minimum absolute atomic E-state index is 0.253. The van der Waals surface area contributed by atoms with Crippen molar-refractivity contribution in [3.05, 3.63) is 28.2 Å². The lowest BCUT2D eigenvalue weighted by Gasteiger charge is -2.09. The Morgan fingerprint density at radius 3 is 2.61 bits per heavy atom. The summed E-state index contributed by atoms with van der Waals surface area (Å²) in [6.45, 7) is 0.790. The van der Waals surface area contributed by atoms with E-state index in [-0.39, 0.29) is 5.91 Å². The van der Waals surface area contributed by atoms with E-state index in [1.165, 1.54) is 0 Å². The summed E-state index contributed by atoms with van der Waals surface area (Å²) in [4.78, 5) is 10.9. The molecule has 1 rings (SSSR count). The van der Waals surface area contributed by atoms with Crippen LogP contribution in [-0.2, 0) is 4.79 Å². The van der Waals surface area contributed by atoms with E-state index in [1.807, 2.05) is 18.2 Å². The molecule has 0 saturated carbocycles. The number of hydrogen-bond acceptors (Lipinski definition) is 3. The number of nitrogens with two attached hydrogens (primary N) is 2. The predicted octanol–water partition coefficient (Wildman–Crippen LogP) is 2.15. The van der Waals surface area contributed by atoms with Gasteiger partial charge in [-0.2, -0.15) is 0 Å². The molecule has 18 heavy (non-hydrogen) atoms. The third-order valence-corrected chi connectivity index (χ3v) is 3.31. The van der Waals surface area contributed by atoms with Crippen molar-refractivity contribution in [3.63, 3.8) is 0 Å². The van der Waals surface area contributed by atoms with Gasteiger partial charge in [0.25, 0.3) is 0 Å². The molecule has 0 heterocycles. The number of primary amides is 1. The Kier molecular flexibility index (Phi) is 6.07. The molecule has 98 valence electrons. The van der Waals surface area contributed by atoms with Crippen LogP contribution >= 0.6 is 28.1 Å². The van der Waals surface area contributed by atoms with Crippen LogP contribution in [0.25, 0.3) is 0 Å². The van der Waals surface area contributed by atoms with Gasteiger partial charge in [0.2, 0.25) is 5.91 Å². The van der Waals surface area contributed by atoms with E-state index in [9.17, 15) is 4.79 Å². The summed E-state index contributed by atoms with van der Waals surface area (Å²) in [5.74, 6) is -0.253. The normalized spacial score (nSPS) is 10.1. The van der Waals surface area contributed by atoms with E-state index in [2.05, 4.69) is 21.2 Å². The van der Waals surface area contributed by atoms with Gasteiger partial charge in [-0.25, -0.2) is 0 Å². The molecule has 5 N–H and O–H groups in total. The van der Waals surface area contributed by atoms with Crippen LogP contribution in [0.2, 0.25) is 0 Å². The number of carbonyl (C=O) groups is 1. The average molecular weight is 330 g/mol. The lowest BCUT2D eigenvalue weighted by atomic mass is 10.2.